The van der Waals surface area contributed by atoms with E-state index >= 15 is 0 Å². The second-order valence-electron chi connectivity index (χ2n) is 4.70. The van der Waals surface area contributed by atoms with Crippen LogP contribution in [0.5, 0.6) is 5.75 Å². The molecule has 0 aromatic carbocycles. The second-order valence-corrected chi connectivity index (χ2v) is 4.70. The van der Waals surface area contributed by atoms with Crippen LogP contribution in [0.2, 0.25) is 0 Å². The van der Waals surface area contributed by atoms with Crippen molar-refractivity contribution in [3.05, 3.63) is 35.9 Å². The van der Waals surface area contributed by atoms with Crippen molar-refractivity contribution in [3.8, 4) is 11.6 Å². The molecular weight excluding hydrogens is 288 g/mol. The molecule has 0 atom stereocenters. The maximum absolute atomic E-state index is 11.8. The molecular formula is C14H12N4O4. The number of carbonyl (C=O) groups excluding carboxylic acids is 1. The van der Waals surface area contributed by atoms with Crippen LogP contribution < -0.4 is 4.74 Å². The van der Waals surface area contributed by atoms with Gasteiger partial charge in [-0.15, -0.1) is 0 Å². The predicted molar refractivity (Wildman–Crippen MR) is 76.5 cm³/mol. The molecule has 0 amide bonds. The molecule has 0 saturated heterocycles. The lowest BCUT2D eigenvalue weighted by Crippen LogP contribution is -2.12. The molecule has 3 aromatic rings. The summed E-state index contributed by atoms with van der Waals surface area (Å²) in [6, 6.07) is 0. The number of carboxylic acid groups (broad SMARTS) is 1. The third kappa shape index (κ3) is 2.01. The van der Waals surface area contributed by atoms with E-state index < -0.39 is 11.8 Å². The molecule has 22 heavy (non-hydrogen) atoms. The molecule has 8 nitrogen and oxygen atoms in total. The first-order valence-corrected chi connectivity index (χ1v) is 6.36. The van der Waals surface area contributed by atoms with Gasteiger partial charge in [0.15, 0.2) is 5.82 Å². The number of carbonyl (C=O) groups is 2. The SMILES string of the molecule is COc1cnc(-n2cc(C)cn2)c2[nH]cc(C(=O)C(=O)O)c12. The molecule has 3 rings (SSSR count). The van der Waals surface area contributed by atoms with Gasteiger partial charge in [0.25, 0.3) is 5.78 Å². The zero-order valence-corrected chi connectivity index (χ0v) is 11.8. The molecule has 0 saturated carbocycles. The molecule has 0 aliphatic heterocycles. The highest BCUT2D eigenvalue weighted by atomic mass is 16.5. The first-order chi connectivity index (χ1) is 10.5. The van der Waals surface area contributed by atoms with Crippen molar-refractivity contribution in [3.63, 3.8) is 0 Å². The van der Waals surface area contributed by atoms with Crippen LogP contribution in [0.1, 0.15) is 15.9 Å². The normalized spacial score (nSPS) is 10.8. The monoisotopic (exact) mass is 300 g/mol. The third-order valence-electron chi connectivity index (χ3n) is 3.24. The number of aromatic amines is 1. The Bertz CT molecular complexity index is 894. The highest BCUT2D eigenvalue weighted by molar-refractivity contribution is 6.42. The number of aliphatic carboxylic acids is 1. The molecule has 0 aliphatic rings. The van der Waals surface area contributed by atoms with Gasteiger partial charge in [-0.3, -0.25) is 4.79 Å². The predicted octanol–water partition coefficient (Wildman–Crippen LogP) is 1.33. The van der Waals surface area contributed by atoms with Gasteiger partial charge < -0.3 is 14.8 Å². The summed E-state index contributed by atoms with van der Waals surface area (Å²) in [6.07, 6.45) is 6.21. The quantitative estimate of drug-likeness (QED) is 0.555. The van der Waals surface area contributed by atoms with Gasteiger partial charge in [0.05, 0.1) is 36.0 Å². The molecule has 0 bridgehead atoms. The van der Waals surface area contributed by atoms with E-state index in [9.17, 15) is 9.59 Å². The van der Waals surface area contributed by atoms with E-state index in [1.807, 2.05) is 6.92 Å². The number of nitrogens with zero attached hydrogens (tertiary/aromatic N) is 3. The average molecular weight is 300 g/mol. The van der Waals surface area contributed by atoms with Crippen LogP contribution in [-0.4, -0.2) is 43.7 Å². The number of fused-ring (bicyclic) bond motifs is 1. The second kappa shape index (κ2) is 4.99. The van der Waals surface area contributed by atoms with E-state index in [2.05, 4.69) is 15.1 Å². The van der Waals surface area contributed by atoms with Crippen LogP contribution in [0, 0.1) is 6.92 Å². The Hall–Kier alpha value is -3.16. The minimum Gasteiger partial charge on any atom is -0.494 e. The van der Waals surface area contributed by atoms with Gasteiger partial charge in [-0.2, -0.15) is 5.10 Å². The number of aromatic nitrogens is 4. The Balaban J connectivity index is 2.30. The number of aryl methyl sites for hydroxylation is 1. The number of rotatable bonds is 4. The first-order valence-electron chi connectivity index (χ1n) is 6.36. The molecule has 3 heterocycles. The number of hydrogen-bond acceptors (Lipinski definition) is 5. The number of ether oxygens (including phenoxy) is 1. The van der Waals surface area contributed by atoms with Gasteiger partial charge >= 0.3 is 5.97 Å². The molecule has 0 spiro atoms. The maximum atomic E-state index is 11.8. The fourth-order valence-corrected chi connectivity index (χ4v) is 2.26. The van der Waals surface area contributed by atoms with Crippen LogP contribution in [0.15, 0.2) is 24.8 Å². The minimum atomic E-state index is -1.53. The highest BCUT2D eigenvalue weighted by Crippen LogP contribution is 2.31. The molecule has 2 N–H and O–H groups in total. The molecule has 3 aromatic heterocycles. The summed E-state index contributed by atoms with van der Waals surface area (Å²) >= 11 is 0. The van der Waals surface area contributed by atoms with Gasteiger partial charge in [0.2, 0.25) is 0 Å². The van der Waals surface area contributed by atoms with E-state index in [4.69, 9.17) is 9.84 Å². The smallest absolute Gasteiger partial charge is 0.377 e. The number of Topliss-reactive ketones (excluding diaryl/α,β-unsaturated/α-hetero) is 1. The lowest BCUT2D eigenvalue weighted by molar-refractivity contribution is -0.131. The van der Waals surface area contributed by atoms with E-state index in [1.165, 1.54) is 19.5 Å². The molecule has 0 aliphatic carbocycles. The molecule has 8 heteroatoms. The van der Waals surface area contributed by atoms with Crippen LogP contribution in [0.3, 0.4) is 0 Å². The Kier molecular flexibility index (Phi) is 3.13. The van der Waals surface area contributed by atoms with Crippen molar-refractivity contribution in [1.82, 2.24) is 19.7 Å². The molecule has 0 fully saturated rings. The van der Waals surface area contributed by atoms with Gasteiger partial charge in [-0.1, -0.05) is 0 Å². The summed E-state index contributed by atoms with van der Waals surface area (Å²) in [6.45, 7) is 1.89. The number of nitrogens with one attached hydrogen (secondary N) is 1. The van der Waals surface area contributed by atoms with Gasteiger partial charge in [0.1, 0.15) is 5.75 Å². The summed E-state index contributed by atoms with van der Waals surface area (Å²) < 4.78 is 6.74. The zero-order chi connectivity index (χ0) is 15.9. The van der Waals surface area contributed by atoms with Crippen molar-refractivity contribution >= 4 is 22.7 Å². The number of carboxylic acids is 1. The van der Waals surface area contributed by atoms with Crippen LogP contribution >= 0.6 is 0 Å². The van der Waals surface area contributed by atoms with E-state index in [0.717, 1.165) is 5.56 Å². The fourth-order valence-electron chi connectivity index (χ4n) is 2.26. The summed E-state index contributed by atoms with van der Waals surface area (Å²) in [5.74, 6) is -1.78. The van der Waals surface area contributed by atoms with Gasteiger partial charge in [-0.05, 0) is 12.5 Å². The summed E-state index contributed by atoms with van der Waals surface area (Å²) in [7, 11) is 1.43. The van der Waals surface area contributed by atoms with E-state index in [0.29, 0.717) is 22.5 Å². The van der Waals surface area contributed by atoms with Crippen molar-refractivity contribution in [1.29, 1.82) is 0 Å². The molecule has 112 valence electrons. The van der Waals surface area contributed by atoms with Crippen LogP contribution in [0.4, 0.5) is 0 Å². The summed E-state index contributed by atoms with van der Waals surface area (Å²) in [5, 5.41) is 13.5. The van der Waals surface area contributed by atoms with Crippen molar-refractivity contribution in [2.45, 2.75) is 6.92 Å². The average Bonchev–Trinajstić information content (AvgIpc) is 3.12. The van der Waals surface area contributed by atoms with Crippen LogP contribution in [-0.2, 0) is 4.79 Å². The van der Waals surface area contributed by atoms with E-state index in [-0.39, 0.29) is 5.56 Å². The number of H-pyrrole nitrogens is 1. The first kappa shape index (κ1) is 13.8. The number of methoxy groups -OCH3 is 1. The molecule has 0 radical (unpaired) electrons. The van der Waals surface area contributed by atoms with Gasteiger partial charge in [0, 0.05) is 12.4 Å². The summed E-state index contributed by atoms with van der Waals surface area (Å²) in [5.41, 5.74) is 1.44. The standard InChI is InChI=1S/C14H12N4O4/c1-7-3-17-18(6-7)13-11-10(9(22-2)5-16-13)8(4-15-11)12(19)14(20)21/h3-6,15H,1-2H3,(H,20,21). The topological polar surface area (TPSA) is 110 Å². The largest absolute Gasteiger partial charge is 0.494 e. The van der Waals surface area contributed by atoms with Crippen LogP contribution in [0.25, 0.3) is 16.7 Å². The number of pyridine rings is 1. The van der Waals surface area contributed by atoms with Crippen molar-refractivity contribution in [2.24, 2.45) is 0 Å². The Morgan fingerprint density at radius 3 is 2.73 bits per heavy atom. The number of hydrogen-bond donors (Lipinski definition) is 2. The zero-order valence-electron chi connectivity index (χ0n) is 11.8. The van der Waals surface area contributed by atoms with Gasteiger partial charge in [-0.25, -0.2) is 14.5 Å². The lowest BCUT2D eigenvalue weighted by Gasteiger charge is -2.07. The summed E-state index contributed by atoms with van der Waals surface area (Å²) in [4.78, 5) is 29.9. The Labute approximate surface area is 124 Å². The highest BCUT2D eigenvalue weighted by Gasteiger charge is 2.23. The lowest BCUT2D eigenvalue weighted by atomic mass is 10.1. The van der Waals surface area contributed by atoms with Crippen molar-refractivity contribution in [2.75, 3.05) is 7.11 Å². The maximum Gasteiger partial charge on any atom is 0.377 e. The number of ketones is 1. The minimum absolute atomic E-state index is 0.0203. The Morgan fingerprint density at radius 2 is 2.14 bits per heavy atom. The fraction of sp³-hybridized carbons (Fsp3) is 0.143. The van der Waals surface area contributed by atoms with E-state index in [1.54, 1.807) is 17.1 Å². The third-order valence-corrected chi connectivity index (χ3v) is 3.24. The van der Waals surface area contributed by atoms with Crippen molar-refractivity contribution < 1.29 is 19.4 Å². The molecule has 0 unspecified atom stereocenters. The Morgan fingerprint density at radius 1 is 1.36 bits per heavy atom.